The summed E-state index contributed by atoms with van der Waals surface area (Å²) < 4.78 is 0. The molecule has 0 aliphatic carbocycles. The van der Waals surface area contributed by atoms with E-state index in [1.807, 2.05) is 0 Å². The third kappa shape index (κ3) is 5.13. The lowest BCUT2D eigenvalue weighted by molar-refractivity contribution is -0.130. The molecule has 1 saturated heterocycles. The van der Waals surface area contributed by atoms with Crippen LogP contribution >= 0.6 is 0 Å². The van der Waals surface area contributed by atoms with Gasteiger partial charge in [0.25, 0.3) is 0 Å². The van der Waals surface area contributed by atoms with Crippen molar-refractivity contribution < 1.29 is 4.79 Å². The Balaban J connectivity index is 2.57. The Morgan fingerprint density at radius 2 is 1.89 bits per heavy atom. The molecule has 0 aromatic rings. The van der Waals surface area contributed by atoms with Gasteiger partial charge in [-0.25, -0.2) is 0 Å². The smallest absolute Gasteiger partial charge is 0.241 e. The molecule has 1 aliphatic heterocycles. The molecule has 0 spiro atoms. The van der Waals surface area contributed by atoms with Crippen molar-refractivity contribution in [3.05, 3.63) is 0 Å². The molecule has 3 heteroatoms. The van der Waals surface area contributed by atoms with Crippen molar-refractivity contribution in [3.8, 4) is 0 Å². The predicted octanol–water partition coefficient (Wildman–Crippen LogP) is 3.40. The summed E-state index contributed by atoms with van der Waals surface area (Å²) in [7, 11) is 0. The molecular formula is C16H32N2O. The van der Waals surface area contributed by atoms with Crippen LogP contribution in [0.25, 0.3) is 0 Å². The summed E-state index contributed by atoms with van der Waals surface area (Å²) in [5.41, 5.74) is 0. The van der Waals surface area contributed by atoms with Gasteiger partial charge in [0.1, 0.15) is 0 Å². The van der Waals surface area contributed by atoms with Crippen LogP contribution in [0.4, 0.5) is 0 Å². The van der Waals surface area contributed by atoms with Crippen LogP contribution in [0.1, 0.15) is 66.7 Å². The Morgan fingerprint density at radius 3 is 2.42 bits per heavy atom. The molecule has 112 valence electrons. The van der Waals surface area contributed by atoms with Crippen molar-refractivity contribution in [2.45, 2.75) is 78.9 Å². The summed E-state index contributed by atoms with van der Waals surface area (Å²) in [6.07, 6.45) is 5.69. The molecular weight excluding hydrogens is 236 g/mol. The summed E-state index contributed by atoms with van der Waals surface area (Å²) in [6, 6.07) is 0.0628. The lowest BCUT2D eigenvalue weighted by Crippen LogP contribution is -2.39. The van der Waals surface area contributed by atoms with Crippen molar-refractivity contribution in [1.82, 2.24) is 10.2 Å². The van der Waals surface area contributed by atoms with Gasteiger partial charge in [0.05, 0.1) is 12.2 Å². The fraction of sp³-hybridized carbons (Fsp3) is 0.938. The molecule has 0 bridgehead atoms. The van der Waals surface area contributed by atoms with Gasteiger partial charge < -0.3 is 4.90 Å². The standard InChI is InChI=1S/C16H32N2O/c1-6-8-14-16(19)18(10-7-9-12(2)3)15(17-14)11-13(4)5/h12-15,17H,6-11H2,1-5H3. The molecule has 19 heavy (non-hydrogen) atoms. The molecule has 1 aliphatic rings. The highest BCUT2D eigenvalue weighted by Crippen LogP contribution is 2.21. The highest BCUT2D eigenvalue weighted by molar-refractivity contribution is 5.84. The number of nitrogens with zero attached hydrogens (tertiary/aromatic N) is 1. The van der Waals surface area contributed by atoms with Crippen LogP contribution in [0, 0.1) is 11.8 Å². The van der Waals surface area contributed by atoms with Gasteiger partial charge in [-0.05, 0) is 37.5 Å². The van der Waals surface area contributed by atoms with Crippen LogP contribution in [0.5, 0.6) is 0 Å². The number of carbonyl (C=O) groups excluding carboxylic acids is 1. The van der Waals surface area contributed by atoms with E-state index in [-0.39, 0.29) is 12.2 Å². The van der Waals surface area contributed by atoms with E-state index < -0.39 is 0 Å². The number of hydrogen-bond donors (Lipinski definition) is 1. The first kappa shape index (κ1) is 16.5. The molecule has 1 rings (SSSR count). The van der Waals surface area contributed by atoms with Crippen LogP contribution in [-0.2, 0) is 4.79 Å². The Morgan fingerprint density at radius 1 is 1.21 bits per heavy atom. The van der Waals surface area contributed by atoms with Crippen LogP contribution in [-0.4, -0.2) is 29.6 Å². The molecule has 1 N–H and O–H groups in total. The van der Waals surface area contributed by atoms with Crippen LogP contribution in [0.3, 0.4) is 0 Å². The van der Waals surface area contributed by atoms with Crippen molar-refractivity contribution in [2.24, 2.45) is 11.8 Å². The Bertz CT molecular complexity index is 276. The van der Waals surface area contributed by atoms with Gasteiger partial charge in [-0.3, -0.25) is 10.1 Å². The normalized spacial score (nSPS) is 23.9. The number of hydrogen-bond acceptors (Lipinski definition) is 2. The lowest BCUT2D eigenvalue weighted by atomic mass is 10.1. The number of nitrogens with one attached hydrogen (secondary N) is 1. The summed E-state index contributed by atoms with van der Waals surface area (Å²) in [5.74, 6) is 1.68. The van der Waals surface area contributed by atoms with Gasteiger partial charge in [-0.15, -0.1) is 0 Å². The molecule has 1 amide bonds. The minimum absolute atomic E-state index is 0.0628. The van der Waals surface area contributed by atoms with Gasteiger partial charge in [0, 0.05) is 6.54 Å². The molecule has 0 aromatic carbocycles. The molecule has 3 nitrogen and oxygen atoms in total. The number of carbonyl (C=O) groups is 1. The first-order valence-corrected chi connectivity index (χ1v) is 8.02. The van der Waals surface area contributed by atoms with E-state index in [4.69, 9.17) is 0 Å². The molecule has 1 fully saturated rings. The second-order valence-corrected chi connectivity index (χ2v) is 6.72. The SMILES string of the molecule is CCCC1NC(CC(C)C)N(CCCC(C)C)C1=O. The fourth-order valence-electron chi connectivity index (χ4n) is 2.82. The molecule has 0 aromatic heterocycles. The van der Waals surface area contributed by atoms with E-state index in [0.717, 1.165) is 38.1 Å². The highest BCUT2D eigenvalue weighted by atomic mass is 16.2. The number of rotatable bonds is 8. The quantitative estimate of drug-likeness (QED) is 0.732. The van der Waals surface area contributed by atoms with E-state index in [9.17, 15) is 4.79 Å². The maximum Gasteiger partial charge on any atom is 0.241 e. The first-order chi connectivity index (χ1) is 8.95. The molecule has 0 saturated carbocycles. The van der Waals surface area contributed by atoms with Gasteiger partial charge >= 0.3 is 0 Å². The van der Waals surface area contributed by atoms with E-state index in [2.05, 4.69) is 44.8 Å². The molecule has 1 heterocycles. The zero-order chi connectivity index (χ0) is 14.4. The maximum atomic E-state index is 12.4. The van der Waals surface area contributed by atoms with Gasteiger partial charge in [0.2, 0.25) is 5.91 Å². The summed E-state index contributed by atoms with van der Waals surface area (Å²) in [4.78, 5) is 14.5. The van der Waals surface area contributed by atoms with Gasteiger partial charge in [-0.1, -0.05) is 41.0 Å². The molecule has 2 unspecified atom stereocenters. The van der Waals surface area contributed by atoms with E-state index in [0.29, 0.717) is 11.8 Å². The van der Waals surface area contributed by atoms with Crippen LogP contribution in [0.15, 0.2) is 0 Å². The van der Waals surface area contributed by atoms with Crippen LogP contribution in [0.2, 0.25) is 0 Å². The second-order valence-electron chi connectivity index (χ2n) is 6.72. The van der Waals surface area contributed by atoms with E-state index in [1.165, 1.54) is 6.42 Å². The van der Waals surface area contributed by atoms with Crippen LogP contribution < -0.4 is 5.32 Å². The average molecular weight is 268 g/mol. The summed E-state index contributed by atoms with van der Waals surface area (Å²) in [5, 5.41) is 3.54. The molecule has 0 radical (unpaired) electrons. The predicted molar refractivity (Wildman–Crippen MR) is 80.9 cm³/mol. The second kappa shape index (κ2) is 7.88. The average Bonchev–Trinajstić information content (AvgIpc) is 2.57. The van der Waals surface area contributed by atoms with Crippen molar-refractivity contribution in [1.29, 1.82) is 0 Å². The van der Waals surface area contributed by atoms with E-state index >= 15 is 0 Å². The summed E-state index contributed by atoms with van der Waals surface area (Å²) >= 11 is 0. The van der Waals surface area contributed by atoms with Crippen molar-refractivity contribution in [3.63, 3.8) is 0 Å². The maximum absolute atomic E-state index is 12.4. The zero-order valence-electron chi connectivity index (χ0n) is 13.4. The Hall–Kier alpha value is -0.570. The minimum Gasteiger partial charge on any atom is -0.326 e. The van der Waals surface area contributed by atoms with Gasteiger partial charge in [0.15, 0.2) is 0 Å². The van der Waals surface area contributed by atoms with Gasteiger partial charge in [-0.2, -0.15) is 0 Å². The number of amides is 1. The Labute approximate surface area is 119 Å². The summed E-state index contributed by atoms with van der Waals surface area (Å²) in [6.45, 7) is 12.0. The third-order valence-electron chi connectivity index (χ3n) is 3.80. The fourth-order valence-corrected chi connectivity index (χ4v) is 2.82. The highest BCUT2D eigenvalue weighted by Gasteiger charge is 2.37. The third-order valence-corrected chi connectivity index (χ3v) is 3.80. The zero-order valence-corrected chi connectivity index (χ0v) is 13.4. The monoisotopic (exact) mass is 268 g/mol. The topological polar surface area (TPSA) is 32.3 Å². The first-order valence-electron chi connectivity index (χ1n) is 8.02. The van der Waals surface area contributed by atoms with Crippen molar-refractivity contribution >= 4 is 5.91 Å². The lowest BCUT2D eigenvalue weighted by Gasteiger charge is -2.25. The molecule has 2 atom stereocenters. The largest absolute Gasteiger partial charge is 0.326 e. The van der Waals surface area contributed by atoms with E-state index in [1.54, 1.807) is 0 Å². The minimum atomic E-state index is 0.0628. The van der Waals surface area contributed by atoms with Crippen molar-refractivity contribution in [2.75, 3.05) is 6.54 Å². The Kier molecular flexibility index (Phi) is 6.84.